The molecule has 0 aliphatic carbocycles. The molecule has 1 saturated heterocycles. The SMILES string of the molecule is CC(CNc1ccc(Br)cc1C#N)CN1CCCC1. The van der Waals surface area contributed by atoms with Gasteiger partial charge in [-0.15, -0.1) is 0 Å². The van der Waals surface area contributed by atoms with Crippen LogP contribution in [-0.2, 0) is 0 Å². The van der Waals surface area contributed by atoms with Crippen LogP contribution in [0.25, 0.3) is 0 Å². The first-order chi connectivity index (χ1) is 9.19. The minimum absolute atomic E-state index is 0.591. The Bertz CT molecular complexity index is 461. The van der Waals surface area contributed by atoms with Crippen molar-refractivity contribution in [1.29, 1.82) is 5.26 Å². The first-order valence-electron chi connectivity index (χ1n) is 6.85. The average molecular weight is 322 g/mol. The Kier molecular flexibility index (Phi) is 5.24. The molecule has 1 fully saturated rings. The third kappa shape index (κ3) is 4.22. The highest BCUT2D eigenvalue weighted by molar-refractivity contribution is 9.10. The summed E-state index contributed by atoms with van der Waals surface area (Å²) in [7, 11) is 0. The summed E-state index contributed by atoms with van der Waals surface area (Å²) < 4.78 is 0.944. The number of anilines is 1. The zero-order chi connectivity index (χ0) is 13.7. The molecule has 1 aliphatic rings. The number of nitrogens with zero attached hydrogens (tertiary/aromatic N) is 2. The van der Waals surface area contributed by atoms with Gasteiger partial charge >= 0.3 is 0 Å². The molecule has 1 atom stereocenters. The normalized spacial score (nSPS) is 17.1. The van der Waals surface area contributed by atoms with Crippen LogP contribution >= 0.6 is 15.9 Å². The smallest absolute Gasteiger partial charge is 0.101 e. The van der Waals surface area contributed by atoms with E-state index < -0.39 is 0 Å². The van der Waals surface area contributed by atoms with E-state index in [-0.39, 0.29) is 0 Å². The molecule has 0 bridgehead atoms. The Hall–Kier alpha value is -1.05. The van der Waals surface area contributed by atoms with Gasteiger partial charge in [0.25, 0.3) is 0 Å². The standard InChI is InChI=1S/C15H20BrN3/c1-12(11-19-6-2-3-7-19)10-18-15-5-4-14(16)8-13(15)9-17/h4-5,8,12,18H,2-3,6-7,10-11H2,1H3. The summed E-state index contributed by atoms with van der Waals surface area (Å²) >= 11 is 3.39. The molecule has 1 aliphatic heterocycles. The van der Waals surface area contributed by atoms with Gasteiger partial charge in [-0.05, 0) is 50.0 Å². The van der Waals surface area contributed by atoms with Gasteiger partial charge in [0.05, 0.1) is 11.3 Å². The van der Waals surface area contributed by atoms with E-state index in [1.54, 1.807) is 0 Å². The van der Waals surface area contributed by atoms with Gasteiger partial charge in [0.2, 0.25) is 0 Å². The lowest BCUT2D eigenvalue weighted by Gasteiger charge is -2.21. The van der Waals surface area contributed by atoms with Gasteiger partial charge in [-0.3, -0.25) is 0 Å². The Morgan fingerprint density at radius 1 is 1.42 bits per heavy atom. The van der Waals surface area contributed by atoms with E-state index in [4.69, 9.17) is 5.26 Å². The van der Waals surface area contributed by atoms with E-state index in [1.165, 1.54) is 25.9 Å². The van der Waals surface area contributed by atoms with Gasteiger partial charge in [-0.25, -0.2) is 0 Å². The number of likely N-dealkylation sites (tertiary alicyclic amines) is 1. The minimum Gasteiger partial charge on any atom is -0.384 e. The fraction of sp³-hybridized carbons (Fsp3) is 0.533. The van der Waals surface area contributed by atoms with Crippen molar-refractivity contribution in [2.75, 3.05) is 31.5 Å². The van der Waals surface area contributed by atoms with Crippen LogP contribution in [0.5, 0.6) is 0 Å². The number of hydrogen-bond donors (Lipinski definition) is 1. The van der Waals surface area contributed by atoms with E-state index in [1.807, 2.05) is 18.2 Å². The fourth-order valence-corrected chi connectivity index (χ4v) is 2.88. The van der Waals surface area contributed by atoms with Crippen LogP contribution in [0.4, 0.5) is 5.69 Å². The fourth-order valence-electron chi connectivity index (χ4n) is 2.52. The summed E-state index contributed by atoms with van der Waals surface area (Å²) in [5.41, 5.74) is 1.63. The van der Waals surface area contributed by atoms with Crippen LogP contribution in [0.15, 0.2) is 22.7 Å². The maximum Gasteiger partial charge on any atom is 0.101 e. The number of hydrogen-bond acceptors (Lipinski definition) is 3. The van der Waals surface area contributed by atoms with E-state index in [0.717, 1.165) is 23.2 Å². The van der Waals surface area contributed by atoms with Crippen molar-refractivity contribution in [3.63, 3.8) is 0 Å². The topological polar surface area (TPSA) is 39.1 Å². The average Bonchev–Trinajstić information content (AvgIpc) is 2.90. The zero-order valence-corrected chi connectivity index (χ0v) is 12.9. The molecular weight excluding hydrogens is 302 g/mol. The number of halogens is 1. The molecule has 1 heterocycles. The second-order valence-electron chi connectivity index (χ2n) is 5.30. The van der Waals surface area contributed by atoms with Gasteiger partial charge in [0.15, 0.2) is 0 Å². The molecule has 0 spiro atoms. The number of nitriles is 1. The van der Waals surface area contributed by atoms with Gasteiger partial charge in [0.1, 0.15) is 6.07 Å². The van der Waals surface area contributed by atoms with Crippen LogP contribution in [0, 0.1) is 17.2 Å². The summed E-state index contributed by atoms with van der Waals surface area (Å²) in [5.74, 6) is 0.591. The quantitative estimate of drug-likeness (QED) is 0.902. The molecule has 3 nitrogen and oxygen atoms in total. The maximum atomic E-state index is 9.12. The van der Waals surface area contributed by atoms with Crippen molar-refractivity contribution in [1.82, 2.24) is 4.90 Å². The molecule has 1 unspecified atom stereocenters. The molecule has 1 aromatic carbocycles. The Balaban J connectivity index is 1.86. The number of nitrogens with one attached hydrogen (secondary N) is 1. The molecule has 102 valence electrons. The molecule has 1 aromatic rings. The van der Waals surface area contributed by atoms with Crippen LogP contribution in [0.1, 0.15) is 25.3 Å². The summed E-state index contributed by atoms with van der Waals surface area (Å²) in [6.07, 6.45) is 2.68. The lowest BCUT2D eigenvalue weighted by Crippen LogP contribution is -2.28. The summed E-state index contributed by atoms with van der Waals surface area (Å²) in [4.78, 5) is 2.53. The lowest BCUT2D eigenvalue weighted by molar-refractivity contribution is 0.294. The third-order valence-corrected chi connectivity index (χ3v) is 4.00. The highest BCUT2D eigenvalue weighted by Crippen LogP contribution is 2.20. The van der Waals surface area contributed by atoms with Crippen LogP contribution in [0.2, 0.25) is 0 Å². The lowest BCUT2D eigenvalue weighted by atomic mass is 10.1. The van der Waals surface area contributed by atoms with Crippen LogP contribution in [-0.4, -0.2) is 31.1 Å². The highest BCUT2D eigenvalue weighted by Gasteiger charge is 2.14. The zero-order valence-electron chi connectivity index (χ0n) is 11.3. The second kappa shape index (κ2) is 6.93. The van der Waals surface area contributed by atoms with E-state index in [9.17, 15) is 0 Å². The number of benzene rings is 1. The van der Waals surface area contributed by atoms with Crippen molar-refractivity contribution >= 4 is 21.6 Å². The summed E-state index contributed by atoms with van der Waals surface area (Å²) in [5, 5.41) is 12.5. The van der Waals surface area contributed by atoms with Gasteiger partial charge < -0.3 is 10.2 Å². The van der Waals surface area contributed by atoms with E-state index in [0.29, 0.717) is 11.5 Å². The molecule has 19 heavy (non-hydrogen) atoms. The molecule has 1 N–H and O–H groups in total. The molecule has 0 radical (unpaired) electrons. The molecular formula is C15H20BrN3. The van der Waals surface area contributed by atoms with Crippen molar-refractivity contribution < 1.29 is 0 Å². The third-order valence-electron chi connectivity index (χ3n) is 3.51. The minimum atomic E-state index is 0.591. The van der Waals surface area contributed by atoms with Gasteiger partial charge in [0, 0.05) is 17.6 Å². The maximum absolute atomic E-state index is 9.12. The Morgan fingerprint density at radius 3 is 2.84 bits per heavy atom. The summed E-state index contributed by atoms with van der Waals surface area (Å²) in [6, 6.07) is 8.02. The predicted molar refractivity (Wildman–Crippen MR) is 82.2 cm³/mol. The molecule has 0 amide bonds. The largest absolute Gasteiger partial charge is 0.384 e. The predicted octanol–water partition coefficient (Wildman–Crippen LogP) is 3.46. The first kappa shape index (κ1) is 14.4. The molecule has 4 heteroatoms. The van der Waals surface area contributed by atoms with Crippen LogP contribution < -0.4 is 5.32 Å². The second-order valence-corrected chi connectivity index (χ2v) is 6.21. The van der Waals surface area contributed by atoms with Gasteiger partial charge in [-0.2, -0.15) is 5.26 Å². The van der Waals surface area contributed by atoms with Crippen LogP contribution in [0.3, 0.4) is 0 Å². The van der Waals surface area contributed by atoms with Crippen molar-refractivity contribution in [2.45, 2.75) is 19.8 Å². The van der Waals surface area contributed by atoms with E-state index in [2.05, 4.69) is 39.1 Å². The number of rotatable bonds is 5. The summed E-state index contributed by atoms with van der Waals surface area (Å²) in [6.45, 7) is 6.80. The van der Waals surface area contributed by atoms with Gasteiger partial charge in [-0.1, -0.05) is 22.9 Å². The molecule has 0 aromatic heterocycles. The van der Waals surface area contributed by atoms with Crippen molar-refractivity contribution in [3.05, 3.63) is 28.2 Å². The monoisotopic (exact) mass is 321 g/mol. The first-order valence-corrected chi connectivity index (χ1v) is 7.64. The molecule has 0 saturated carbocycles. The van der Waals surface area contributed by atoms with Crippen molar-refractivity contribution in [3.8, 4) is 6.07 Å². The van der Waals surface area contributed by atoms with E-state index >= 15 is 0 Å². The Morgan fingerprint density at radius 2 is 2.16 bits per heavy atom. The van der Waals surface area contributed by atoms with Crippen molar-refractivity contribution in [2.24, 2.45) is 5.92 Å². The highest BCUT2D eigenvalue weighted by atomic mass is 79.9. The molecule has 2 rings (SSSR count). The Labute approximate surface area is 123 Å².